The summed E-state index contributed by atoms with van der Waals surface area (Å²) >= 11 is 5.72. The fourth-order valence-corrected chi connectivity index (χ4v) is 4.44. The molecule has 170 valence electrons. The van der Waals surface area contributed by atoms with E-state index in [1.807, 2.05) is 49.1 Å². The number of aromatic nitrogens is 2. The molecule has 0 aliphatic carbocycles. The molecule has 0 amide bonds. The van der Waals surface area contributed by atoms with E-state index in [1.54, 1.807) is 18.2 Å². The largest absolute Gasteiger partial charge is 0.351 e. The number of hydrogen-bond donors (Lipinski definition) is 1. The van der Waals surface area contributed by atoms with Crippen LogP contribution in [-0.4, -0.2) is 15.3 Å². The normalized spacial score (nSPS) is 16.1. The fourth-order valence-electron chi connectivity index (χ4n) is 4.08. The molecular weight excluding hydrogens is 454 g/mol. The number of rotatable bonds is 4. The summed E-state index contributed by atoms with van der Waals surface area (Å²) in [5.41, 5.74) is 4.69. The third kappa shape index (κ3) is 4.08. The molecule has 0 saturated carbocycles. The Morgan fingerprint density at radius 2 is 1.71 bits per heavy atom. The van der Waals surface area contributed by atoms with Crippen LogP contribution in [0.4, 0.5) is 14.5 Å². The first-order valence-electron chi connectivity index (χ1n) is 10.6. The minimum Gasteiger partial charge on any atom is -0.351 e. The Bertz CT molecular complexity index is 1410. The summed E-state index contributed by atoms with van der Waals surface area (Å²) in [6.45, 7) is 3.92. The average Bonchev–Trinajstić information content (AvgIpc) is 3.29. The van der Waals surface area contributed by atoms with Crippen LogP contribution in [0, 0.1) is 18.6 Å². The Labute approximate surface area is 200 Å². The third-order valence-electron chi connectivity index (χ3n) is 5.69. The molecule has 34 heavy (non-hydrogen) atoms. The van der Waals surface area contributed by atoms with E-state index in [-0.39, 0.29) is 17.5 Å². The number of allylic oxidation sites excluding steroid dienone is 1. The van der Waals surface area contributed by atoms with Crippen LogP contribution in [0.25, 0.3) is 17.0 Å². The predicted octanol–water partition coefficient (Wildman–Crippen LogP) is 6.19. The minimum atomic E-state index is -0.509. The maximum absolute atomic E-state index is 14.1. The Balaban J connectivity index is 1.66. The molecule has 5 nitrogen and oxygen atoms in total. The molecule has 0 fully saturated rings. The molecule has 1 aliphatic heterocycles. The van der Waals surface area contributed by atoms with Gasteiger partial charge in [0.2, 0.25) is 5.82 Å². The highest BCUT2D eigenvalue weighted by atomic mass is 32.1. The van der Waals surface area contributed by atoms with Crippen molar-refractivity contribution in [2.75, 3.05) is 4.90 Å². The van der Waals surface area contributed by atoms with Crippen molar-refractivity contribution in [3.05, 3.63) is 107 Å². The van der Waals surface area contributed by atoms with Crippen molar-refractivity contribution in [3.63, 3.8) is 0 Å². The maximum Gasteiger partial charge on any atom is 0.258 e. The number of anilines is 1. The van der Waals surface area contributed by atoms with Crippen LogP contribution >= 0.6 is 12.2 Å². The molecule has 0 spiro atoms. The number of hydrogen-bond acceptors (Lipinski definition) is 4. The second kappa shape index (κ2) is 8.79. The zero-order valence-electron chi connectivity index (χ0n) is 18.4. The van der Waals surface area contributed by atoms with Crippen molar-refractivity contribution in [2.45, 2.75) is 19.9 Å². The van der Waals surface area contributed by atoms with Crippen molar-refractivity contribution < 1.29 is 13.3 Å². The van der Waals surface area contributed by atoms with Gasteiger partial charge in [-0.05, 0) is 85.7 Å². The first-order valence-corrected chi connectivity index (χ1v) is 11.0. The van der Waals surface area contributed by atoms with Gasteiger partial charge in [-0.3, -0.25) is 4.90 Å². The highest BCUT2D eigenvalue weighted by molar-refractivity contribution is 7.80. The van der Waals surface area contributed by atoms with Gasteiger partial charge in [-0.2, -0.15) is 4.98 Å². The number of benzene rings is 3. The van der Waals surface area contributed by atoms with Crippen molar-refractivity contribution in [3.8, 4) is 11.4 Å². The van der Waals surface area contributed by atoms with Gasteiger partial charge >= 0.3 is 0 Å². The quantitative estimate of drug-likeness (QED) is 0.356. The van der Waals surface area contributed by atoms with Crippen LogP contribution in [-0.2, 0) is 0 Å². The van der Waals surface area contributed by atoms with E-state index in [9.17, 15) is 8.78 Å². The van der Waals surface area contributed by atoms with Gasteiger partial charge in [0.1, 0.15) is 11.6 Å². The molecule has 1 aliphatic rings. The minimum absolute atomic E-state index is 0.263. The molecule has 0 saturated heterocycles. The third-order valence-corrected chi connectivity index (χ3v) is 5.99. The van der Waals surface area contributed by atoms with Gasteiger partial charge in [0.15, 0.2) is 5.11 Å². The topological polar surface area (TPSA) is 54.2 Å². The highest BCUT2D eigenvalue weighted by Crippen LogP contribution is 2.39. The van der Waals surface area contributed by atoms with Gasteiger partial charge in [0.05, 0.1) is 11.6 Å². The molecule has 5 rings (SSSR count). The van der Waals surface area contributed by atoms with Gasteiger partial charge in [-0.25, -0.2) is 8.78 Å². The lowest BCUT2D eigenvalue weighted by molar-refractivity contribution is 0.404. The first-order chi connectivity index (χ1) is 16.4. The number of nitrogens with zero attached hydrogens (tertiary/aromatic N) is 3. The Morgan fingerprint density at radius 1 is 0.941 bits per heavy atom. The molecule has 2 heterocycles. The molecule has 0 bridgehead atoms. The maximum atomic E-state index is 14.1. The van der Waals surface area contributed by atoms with Crippen LogP contribution in [0.2, 0.25) is 0 Å². The highest BCUT2D eigenvalue weighted by Gasteiger charge is 2.35. The van der Waals surface area contributed by atoms with Gasteiger partial charge in [-0.15, -0.1) is 0 Å². The molecule has 3 aromatic carbocycles. The van der Waals surface area contributed by atoms with Gasteiger partial charge in [0, 0.05) is 16.9 Å². The molecule has 1 unspecified atom stereocenters. The van der Waals surface area contributed by atoms with E-state index in [1.165, 1.54) is 24.3 Å². The van der Waals surface area contributed by atoms with Crippen molar-refractivity contribution in [1.29, 1.82) is 0 Å². The molecule has 1 atom stereocenters. The van der Waals surface area contributed by atoms with E-state index >= 15 is 0 Å². The van der Waals surface area contributed by atoms with Gasteiger partial charge in [0.25, 0.3) is 5.89 Å². The zero-order chi connectivity index (χ0) is 23.8. The van der Waals surface area contributed by atoms with Crippen LogP contribution in [0.3, 0.4) is 0 Å². The van der Waals surface area contributed by atoms with E-state index < -0.39 is 6.04 Å². The lowest BCUT2D eigenvalue weighted by atomic mass is 9.94. The fraction of sp³-hybridized carbons (Fsp3) is 0.115. The standard InChI is InChI=1S/C26H20F2N4OS/c1-15-5-3-8-21(13-15)32-16(2)22(23(29-26(32)34)18-6-4-7-20(28)14-18)25-30-24(31-33-25)17-9-11-19(27)12-10-17/h3-14,23H,1-2H3,(H,29,34). The van der Waals surface area contributed by atoms with E-state index in [0.29, 0.717) is 27.6 Å². The number of halogens is 2. The number of aryl methyl sites for hydroxylation is 1. The number of nitrogens with one attached hydrogen (secondary N) is 1. The van der Waals surface area contributed by atoms with E-state index in [0.717, 1.165) is 16.9 Å². The summed E-state index contributed by atoms with van der Waals surface area (Å²) < 4.78 is 33.2. The van der Waals surface area contributed by atoms with Crippen LogP contribution in [0.15, 0.2) is 83.0 Å². The van der Waals surface area contributed by atoms with E-state index in [4.69, 9.17) is 16.7 Å². The van der Waals surface area contributed by atoms with Crippen LogP contribution in [0.5, 0.6) is 0 Å². The summed E-state index contributed by atoms with van der Waals surface area (Å²) in [4.78, 5) is 6.49. The summed E-state index contributed by atoms with van der Waals surface area (Å²) in [5, 5.41) is 7.90. The lowest BCUT2D eigenvalue weighted by Crippen LogP contribution is -2.46. The summed E-state index contributed by atoms with van der Waals surface area (Å²) in [6, 6.07) is 19.6. The molecule has 8 heteroatoms. The predicted molar refractivity (Wildman–Crippen MR) is 131 cm³/mol. The zero-order valence-corrected chi connectivity index (χ0v) is 19.2. The smallest absolute Gasteiger partial charge is 0.258 e. The Hall–Kier alpha value is -3.91. The molecule has 4 aromatic rings. The van der Waals surface area contributed by atoms with Crippen molar-refractivity contribution >= 4 is 28.6 Å². The van der Waals surface area contributed by atoms with Crippen LogP contribution in [0.1, 0.15) is 30.0 Å². The van der Waals surface area contributed by atoms with E-state index in [2.05, 4.69) is 15.5 Å². The second-order valence-electron chi connectivity index (χ2n) is 8.04. The Morgan fingerprint density at radius 3 is 2.44 bits per heavy atom. The summed E-state index contributed by atoms with van der Waals surface area (Å²) in [5.74, 6) is -0.126. The van der Waals surface area contributed by atoms with Gasteiger partial charge < -0.3 is 9.84 Å². The molecule has 1 aromatic heterocycles. The SMILES string of the molecule is CC1=C(c2nc(-c3ccc(F)cc3)no2)C(c2cccc(F)c2)NC(=S)N1c1cccc(C)c1. The molecule has 1 N–H and O–H groups in total. The van der Waals surface area contributed by atoms with Crippen molar-refractivity contribution in [1.82, 2.24) is 15.5 Å². The van der Waals surface area contributed by atoms with Crippen LogP contribution < -0.4 is 10.2 Å². The summed E-state index contributed by atoms with van der Waals surface area (Å²) in [6.07, 6.45) is 0. The van der Waals surface area contributed by atoms with Crippen molar-refractivity contribution in [2.24, 2.45) is 0 Å². The average molecular weight is 475 g/mol. The lowest BCUT2D eigenvalue weighted by Gasteiger charge is -2.37. The monoisotopic (exact) mass is 474 g/mol. The van der Waals surface area contributed by atoms with Gasteiger partial charge in [-0.1, -0.05) is 29.4 Å². The second-order valence-corrected chi connectivity index (χ2v) is 8.43. The summed E-state index contributed by atoms with van der Waals surface area (Å²) in [7, 11) is 0. The Kier molecular flexibility index (Phi) is 5.67. The molecular formula is C26H20F2N4OS. The molecule has 0 radical (unpaired) electrons. The first kappa shape index (κ1) is 21.9. The number of thiocarbonyl (C=S) groups is 1.